The fourth-order valence-corrected chi connectivity index (χ4v) is 3.24. The van der Waals surface area contributed by atoms with Crippen molar-refractivity contribution >= 4 is 33.2 Å². The lowest BCUT2D eigenvalue weighted by molar-refractivity contribution is -0.118. The molecule has 1 amide bonds. The molecular formula is C23H22BrFN2O2. The fraction of sp³-hybridized carbons (Fsp3) is 0.174. The SMILES string of the molecule is Cc1ccc(NCc2ccc(OCC(=O)Nc3ccc(F)cc3)c(Br)c2)cc1C. The lowest BCUT2D eigenvalue weighted by Crippen LogP contribution is -2.20. The first-order valence-electron chi connectivity index (χ1n) is 9.18. The van der Waals surface area contributed by atoms with Gasteiger partial charge in [-0.05, 0) is 95.0 Å². The van der Waals surface area contributed by atoms with Crippen molar-refractivity contribution in [2.75, 3.05) is 17.2 Å². The van der Waals surface area contributed by atoms with Crippen LogP contribution in [0, 0.1) is 19.7 Å². The predicted molar refractivity (Wildman–Crippen MR) is 118 cm³/mol. The van der Waals surface area contributed by atoms with Crippen molar-refractivity contribution in [1.29, 1.82) is 0 Å². The summed E-state index contributed by atoms with van der Waals surface area (Å²) < 4.78 is 19.3. The standard InChI is InChI=1S/C23H22BrFN2O2/c1-15-3-7-20(11-16(15)2)26-13-17-4-10-22(21(24)12-17)29-14-23(28)27-19-8-5-18(25)6-9-19/h3-12,26H,13-14H2,1-2H3,(H,27,28). The lowest BCUT2D eigenvalue weighted by atomic mass is 10.1. The van der Waals surface area contributed by atoms with E-state index in [0.29, 0.717) is 18.0 Å². The summed E-state index contributed by atoms with van der Waals surface area (Å²) in [5, 5.41) is 6.07. The van der Waals surface area contributed by atoms with Crippen LogP contribution >= 0.6 is 15.9 Å². The van der Waals surface area contributed by atoms with Crippen molar-refractivity contribution in [3.8, 4) is 5.75 Å². The molecule has 0 saturated carbocycles. The van der Waals surface area contributed by atoms with E-state index in [4.69, 9.17) is 4.74 Å². The van der Waals surface area contributed by atoms with Crippen molar-refractivity contribution in [3.05, 3.63) is 87.6 Å². The van der Waals surface area contributed by atoms with E-state index in [2.05, 4.69) is 58.6 Å². The van der Waals surface area contributed by atoms with Gasteiger partial charge in [0.1, 0.15) is 11.6 Å². The van der Waals surface area contributed by atoms with Crippen molar-refractivity contribution in [2.24, 2.45) is 0 Å². The lowest BCUT2D eigenvalue weighted by Gasteiger charge is -2.12. The minimum absolute atomic E-state index is 0.143. The molecule has 0 aromatic heterocycles. The maximum atomic E-state index is 12.9. The van der Waals surface area contributed by atoms with Crippen LogP contribution in [0.5, 0.6) is 5.75 Å². The number of anilines is 2. The second kappa shape index (κ2) is 9.56. The van der Waals surface area contributed by atoms with Crippen molar-refractivity contribution in [2.45, 2.75) is 20.4 Å². The summed E-state index contributed by atoms with van der Waals surface area (Å²) in [7, 11) is 0. The number of hydrogen-bond donors (Lipinski definition) is 2. The zero-order valence-electron chi connectivity index (χ0n) is 16.3. The zero-order valence-corrected chi connectivity index (χ0v) is 17.8. The summed E-state index contributed by atoms with van der Waals surface area (Å²) in [4.78, 5) is 12.0. The van der Waals surface area contributed by atoms with E-state index < -0.39 is 0 Å². The average molecular weight is 457 g/mol. The Balaban J connectivity index is 1.52. The number of nitrogens with one attached hydrogen (secondary N) is 2. The van der Waals surface area contributed by atoms with E-state index >= 15 is 0 Å². The number of carbonyl (C=O) groups excluding carboxylic acids is 1. The van der Waals surface area contributed by atoms with Crippen LogP contribution in [-0.2, 0) is 11.3 Å². The second-order valence-corrected chi connectivity index (χ2v) is 7.62. The van der Waals surface area contributed by atoms with Gasteiger partial charge in [-0.15, -0.1) is 0 Å². The quantitative estimate of drug-likeness (QED) is 0.469. The van der Waals surface area contributed by atoms with Crippen LogP contribution in [0.25, 0.3) is 0 Å². The number of ether oxygens (including phenoxy) is 1. The molecule has 0 radical (unpaired) electrons. The molecule has 0 atom stereocenters. The maximum Gasteiger partial charge on any atom is 0.262 e. The van der Waals surface area contributed by atoms with Gasteiger partial charge in [0.25, 0.3) is 5.91 Å². The Morgan fingerprint density at radius 1 is 0.966 bits per heavy atom. The third-order valence-corrected chi connectivity index (χ3v) is 5.11. The Morgan fingerprint density at radius 2 is 1.69 bits per heavy atom. The highest BCUT2D eigenvalue weighted by molar-refractivity contribution is 9.10. The largest absolute Gasteiger partial charge is 0.483 e. The van der Waals surface area contributed by atoms with Crippen molar-refractivity contribution < 1.29 is 13.9 Å². The number of carbonyl (C=O) groups is 1. The van der Waals surface area contributed by atoms with Gasteiger partial charge in [-0.3, -0.25) is 4.79 Å². The smallest absolute Gasteiger partial charge is 0.262 e. The highest BCUT2D eigenvalue weighted by atomic mass is 79.9. The number of hydrogen-bond acceptors (Lipinski definition) is 3. The van der Waals surface area contributed by atoms with E-state index in [0.717, 1.165) is 15.7 Å². The van der Waals surface area contributed by atoms with E-state index in [9.17, 15) is 9.18 Å². The maximum absolute atomic E-state index is 12.9. The molecule has 0 saturated heterocycles. The Hall–Kier alpha value is -2.86. The van der Waals surface area contributed by atoms with Crippen LogP contribution in [0.2, 0.25) is 0 Å². The summed E-state index contributed by atoms with van der Waals surface area (Å²) in [5.74, 6) is -0.0894. The first kappa shape index (κ1) is 20.9. The van der Waals surface area contributed by atoms with E-state index in [-0.39, 0.29) is 18.3 Å². The molecule has 0 aliphatic carbocycles. The van der Waals surface area contributed by atoms with Gasteiger partial charge in [0.2, 0.25) is 0 Å². The molecule has 0 unspecified atom stereocenters. The first-order valence-corrected chi connectivity index (χ1v) is 9.98. The Kier molecular flexibility index (Phi) is 6.88. The van der Waals surface area contributed by atoms with Gasteiger partial charge in [-0.25, -0.2) is 4.39 Å². The molecule has 0 fully saturated rings. The van der Waals surface area contributed by atoms with Gasteiger partial charge in [0, 0.05) is 17.9 Å². The number of rotatable bonds is 7. The molecule has 150 valence electrons. The normalized spacial score (nSPS) is 10.5. The minimum Gasteiger partial charge on any atom is -0.483 e. The van der Waals surface area contributed by atoms with Gasteiger partial charge in [-0.2, -0.15) is 0 Å². The molecule has 2 N–H and O–H groups in total. The number of amides is 1. The monoisotopic (exact) mass is 456 g/mol. The Labute approximate surface area is 178 Å². The highest BCUT2D eigenvalue weighted by Gasteiger charge is 2.08. The van der Waals surface area contributed by atoms with Crippen LogP contribution in [0.3, 0.4) is 0 Å². The highest BCUT2D eigenvalue weighted by Crippen LogP contribution is 2.26. The summed E-state index contributed by atoms with van der Waals surface area (Å²) in [6.07, 6.45) is 0. The Bertz CT molecular complexity index is 1010. The number of aryl methyl sites for hydroxylation is 2. The van der Waals surface area contributed by atoms with Crippen LogP contribution in [-0.4, -0.2) is 12.5 Å². The van der Waals surface area contributed by atoms with E-state index in [1.165, 1.54) is 35.4 Å². The van der Waals surface area contributed by atoms with Gasteiger partial charge >= 0.3 is 0 Å². The molecule has 0 bridgehead atoms. The first-order chi connectivity index (χ1) is 13.9. The summed E-state index contributed by atoms with van der Waals surface area (Å²) >= 11 is 3.49. The molecule has 0 aliphatic rings. The fourth-order valence-electron chi connectivity index (χ4n) is 2.70. The predicted octanol–water partition coefficient (Wildman–Crippen LogP) is 5.83. The van der Waals surface area contributed by atoms with Crippen LogP contribution < -0.4 is 15.4 Å². The van der Waals surface area contributed by atoms with Crippen LogP contribution in [0.4, 0.5) is 15.8 Å². The van der Waals surface area contributed by atoms with Gasteiger partial charge in [0.05, 0.1) is 4.47 Å². The third-order valence-electron chi connectivity index (χ3n) is 4.49. The van der Waals surface area contributed by atoms with Crippen molar-refractivity contribution in [3.63, 3.8) is 0 Å². The van der Waals surface area contributed by atoms with Gasteiger partial charge in [-0.1, -0.05) is 12.1 Å². The second-order valence-electron chi connectivity index (χ2n) is 6.76. The molecular weight excluding hydrogens is 435 g/mol. The number of halogens is 2. The molecule has 6 heteroatoms. The summed E-state index contributed by atoms with van der Waals surface area (Å²) in [6.45, 7) is 4.72. The molecule has 3 rings (SSSR count). The molecule has 3 aromatic rings. The van der Waals surface area contributed by atoms with Gasteiger partial charge < -0.3 is 15.4 Å². The number of benzene rings is 3. The average Bonchev–Trinajstić information content (AvgIpc) is 2.70. The van der Waals surface area contributed by atoms with E-state index in [1.807, 2.05) is 18.2 Å². The zero-order chi connectivity index (χ0) is 20.8. The molecule has 4 nitrogen and oxygen atoms in total. The summed E-state index contributed by atoms with van der Waals surface area (Å²) in [6, 6.07) is 17.6. The minimum atomic E-state index is -0.352. The van der Waals surface area contributed by atoms with Crippen LogP contribution in [0.1, 0.15) is 16.7 Å². The third kappa shape index (κ3) is 6.06. The van der Waals surface area contributed by atoms with E-state index in [1.54, 1.807) is 0 Å². The Morgan fingerprint density at radius 3 is 2.38 bits per heavy atom. The molecule has 3 aromatic carbocycles. The van der Waals surface area contributed by atoms with Gasteiger partial charge in [0.15, 0.2) is 6.61 Å². The molecule has 0 aliphatic heterocycles. The van der Waals surface area contributed by atoms with Crippen LogP contribution in [0.15, 0.2) is 65.1 Å². The summed E-state index contributed by atoms with van der Waals surface area (Å²) in [5.41, 5.74) is 5.19. The topological polar surface area (TPSA) is 50.4 Å². The molecule has 0 spiro atoms. The van der Waals surface area contributed by atoms with Crippen molar-refractivity contribution in [1.82, 2.24) is 0 Å². The molecule has 0 heterocycles. The molecule has 29 heavy (non-hydrogen) atoms.